The third kappa shape index (κ3) is 5.20. The Morgan fingerprint density at radius 1 is 0.893 bits per heavy atom. The van der Waals surface area contributed by atoms with Crippen molar-refractivity contribution in [2.75, 3.05) is 18.2 Å². The van der Waals surface area contributed by atoms with Gasteiger partial charge in [-0.25, -0.2) is 8.42 Å². The molecule has 0 heterocycles. The van der Waals surface area contributed by atoms with Gasteiger partial charge in [-0.2, -0.15) is 0 Å². The van der Waals surface area contributed by atoms with Gasteiger partial charge in [0.1, 0.15) is 5.75 Å². The molecule has 0 atom stereocenters. The van der Waals surface area contributed by atoms with Crippen molar-refractivity contribution in [3.05, 3.63) is 78.9 Å². The Kier molecular flexibility index (Phi) is 6.11. The number of carbonyl (C=O) groups excluding carboxylic acids is 1. The van der Waals surface area contributed by atoms with Crippen molar-refractivity contribution < 1.29 is 17.9 Å². The molecule has 0 radical (unpaired) electrons. The lowest BCUT2D eigenvalue weighted by molar-refractivity contribution is -0.116. The molecule has 0 aliphatic heterocycles. The van der Waals surface area contributed by atoms with Crippen LogP contribution in [0.15, 0.2) is 83.8 Å². The average molecular weight is 395 g/mol. The molecule has 3 rings (SSSR count). The van der Waals surface area contributed by atoms with Crippen LogP contribution in [0.2, 0.25) is 0 Å². The number of sulfone groups is 1. The van der Waals surface area contributed by atoms with Gasteiger partial charge >= 0.3 is 0 Å². The van der Waals surface area contributed by atoms with Gasteiger partial charge in [-0.05, 0) is 35.9 Å². The fraction of sp³-hybridized carbons (Fsp3) is 0.136. The van der Waals surface area contributed by atoms with E-state index in [1.54, 1.807) is 12.1 Å². The van der Waals surface area contributed by atoms with E-state index >= 15 is 0 Å². The predicted octanol–water partition coefficient (Wildman–Crippen LogP) is 4.16. The number of hydrogen-bond donors (Lipinski definition) is 1. The zero-order chi connectivity index (χ0) is 20.0. The maximum atomic E-state index is 12.1. The number of carbonyl (C=O) groups is 1. The second kappa shape index (κ2) is 8.71. The highest BCUT2D eigenvalue weighted by molar-refractivity contribution is 7.90. The minimum Gasteiger partial charge on any atom is -0.492 e. The molecule has 6 heteroatoms. The molecule has 0 fully saturated rings. The maximum Gasteiger partial charge on any atom is 0.227 e. The molecule has 0 saturated heterocycles. The molecule has 5 nitrogen and oxygen atoms in total. The summed E-state index contributed by atoms with van der Waals surface area (Å²) in [6.07, 6.45) is 1.32. The third-order valence-corrected chi connectivity index (χ3v) is 5.25. The van der Waals surface area contributed by atoms with Crippen molar-refractivity contribution >= 4 is 21.4 Å². The summed E-state index contributed by atoms with van der Waals surface area (Å²) in [5.41, 5.74) is 2.57. The molecule has 1 N–H and O–H groups in total. The van der Waals surface area contributed by atoms with E-state index in [0.29, 0.717) is 5.69 Å². The summed E-state index contributed by atoms with van der Waals surface area (Å²) in [5, 5.41) is 2.74. The van der Waals surface area contributed by atoms with E-state index in [4.69, 9.17) is 4.74 Å². The molecule has 1 amide bonds. The van der Waals surface area contributed by atoms with Crippen LogP contribution in [-0.4, -0.2) is 27.2 Å². The second-order valence-corrected chi connectivity index (χ2v) is 8.32. The molecule has 0 spiro atoms. The molecule has 3 aromatic rings. The topological polar surface area (TPSA) is 72.5 Å². The lowest BCUT2D eigenvalue weighted by Crippen LogP contribution is -2.15. The fourth-order valence-corrected chi connectivity index (χ4v) is 3.34. The van der Waals surface area contributed by atoms with Crippen LogP contribution in [0, 0.1) is 0 Å². The van der Waals surface area contributed by atoms with Gasteiger partial charge in [0.2, 0.25) is 5.91 Å². The molecule has 28 heavy (non-hydrogen) atoms. The monoisotopic (exact) mass is 395 g/mol. The van der Waals surface area contributed by atoms with Crippen LogP contribution in [0.5, 0.6) is 5.75 Å². The summed E-state index contributed by atoms with van der Waals surface area (Å²) in [4.78, 5) is 12.3. The zero-order valence-electron chi connectivity index (χ0n) is 15.5. The molecular formula is C22H21NO4S. The number of nitrogens with one attached hydrogen (secondary N) is 1. The molecule has 3 aromatic carbocycles. The average Bonchev–Trinajstić information content (AvgIpc) is 2.69. The van der Waals surface area contributed by atoms with Crippen molar-refractivity contribution in [1.29, 1.82) is 0 Å². The highest BCUT2D eigenvalue weighted by atomic mass is 32.2. The Morgan fingerprint density at radius 3 is 2.21 bits per heavy atom. The maximum absolute atomic E-state index is 12.1. The summed E-state index contributed by atoms with van der Waals surface area (Å²) in [5.74, 6) is 0.517. The normalized spacial score (nSPS) is 11.0. The molecule has 0 aromatic heterocycles. The first-order chi connectivity index (χ1) is 13.4. The van der Waals surface area contributed by atoms with Gasteiger partial charge in [-0.3, -0.25) is 4.79 Å². The van der Waals surface area contributed by atoms with Crippen molar-refractivity contribution in [1.82, 2.24) is 0 Å². The Bertz CT molecular complexity index is 1050. The SMILES string of the molecule is CS(=O)(=O)c1ccc(NC(=O)CCOc2ccccc2-c2ccccc2)cc1. The first-order valence-electron chi connectivity index (χ1n) is 8.81. The van der Waals surface area contributed by atoms with E-state index < -0.39 is 9.84 Å². The van der Waals surface area contributed by atoms with Gasteiger partial charge < -0.3 is 10.1 Å². The van der Waals surface area contributed by atoms with E-state index in [1.165, 1.54) is 12.1 Å². The lowest BCUT2D eigenvalue weighted by Gasteiger charge is -2.12. The molecule has 0 unspecified atom stereocenters. The van der Waals surface area contributed by atoms with Crippen molar-refractivity contribution in [3.8, 4) is 16.9 Å². The van der Waals surface area contributed by atoms with Gasteiger partial charge in [0, 0.05) is 17.5 Å². The lowest BCUT2D eigenvalue weighted by atomic mass is 10.1. The van der Waals surface area contributed by atoms with Crippen LogP contribution >= 0.6 is 0 Å². The quantitative estimate of drug-likeness (QED) is 0.652. The number of para-hydroxylation sites is 1. The number of hydrogen-bond acceptors (Lipinski definition) is 4. The molecule has 0 saturated carbocycles. The van der Waals surface area contributed by atoms with Crippen LogP contribution < -0.4 is 10.1 Å². The van der Waals surface area contributed by atoms with Crippen LogP contribution in [-0.2, 0) is 14.6 Å². The van der Waals surface area contributed by atoms with Gasteiger partial charge in [-0.1, -0.05) is 48.5 Å². The smallest absolute Gasteiger partial charge is 0.227 e. The third-order valence-electron chi connectivity index (χ3n) is 4.12. The number of benzene rings is 3. The van der Waals surface area contributed by atoms with E-state index in [1.807, 2.05) is 54.6 Å². The van der Waals surface area contributed by atoms with Crippen LogP contribution in [0.1, 0.15) is 6.42 Å². The van der Waals surface area contributed by atoms with Gasteiger partial charge in [0.15, 0.2) is 9.84 Å². The molecule has 0 aliphatic rings. The first kappa shape index (κ1) is 19.6. The highest BCUT2D eigenvalue weighted by Crippen LogP contribution is 2.29. The van der Waals surface area contributed by atoms with E-state index in [0.717, 1.165) is 23.1 Å². The van der Waals surface area contributed by atoms with Crippen LogP contribution in [0.3, 0.4) is 0 Å². The minimum absolute atomic E-state index is 0.178. The fourth-order valence-electron chi connectivity index (χ4n) is 2.71. The Labute approximate surface area is 164 Å². The number of anilines is 1. The Balaban J connectivity index is 1.57. The summed E-state index contributed by atoms with van der Waals surface area (Å²) in [6, 6.07) is 23.7. The number of amides is 1. The number of rotatable bonds is 7. The van der Waals surface area contributed by atoms with E-state index in [-0.39, 0.29) is 23.8 Å². The Hall–Kier alpha value is -3.12. The first-order valence-corrected chi connectivity index (χ1v) is 10.7. The summed E-state index contributed by atoms with van der Waals surface area (Å²) in [7, 11) is -3.25. The van der Waals surface area contributed by atoms with Gasteiger partial charge in [0.25, 0.3) is 0 Å². The van der Waals surface area contributed by atoms with Gasteiger partial charge in [-0.15, -0.1) is 0 Å². The summed E-state index contributed by atoms with van der Waals surface area (Å²) in [6.45, 7) is 0.233. The molecule has 144 valence electrons. The second-order valence-electron chi connectivity index (χ2n) is 6.31. The van der Waals surface area contributed by atoms with Crippen LogP contribution in [0.25, 0.3) is 11.1 Å². The zero-order valence-corrected chi connectivity index (χ0v) is 16.3. The van der Waals surface area contributed by atoms with E-state index in [2.05, 4.69) is 5.32 Å². The van der Waals surface area contributed by atoms with Crippen molar-refractivity contribution in [3.63, 3.8) is 0 Å². The molecule has 0 bridgehead atoms. The number of ether oxygens (including phenoxy) is 1. The van der Waals surface area contributed by atoms with Crippen molar-refractivity contribution in [2.45, 2.75) is 11.3 Å². The Morgan fingerprint density at radius 2 is 1.54 bits per heavy atom. The predicted molar refractivity (Wildman–Crippen MR) is 110 cm³/mol. The highest BCUT2D eigenvalue weighted by Gasteiger charge is 2.09. The van der Waals surface area contributed by atoms with Crippen molar-refractivity contribution in [2.24, 2.45) is 0 Å². The minimum atomic E-state index is -3.25. The molecular weight excluding hydrogens is 374 g/mol. The molecule has 0 aliphatic carbocycles. The van der Waals surface area contributed by atoms with Crippen LogP contribution in [0.4, 0.5) is 5.69 Å². The summed E-state index contributed by atoms with van der Waals surface area (Å²) >= 11 is 0. The van der Waals surface area contributed by atoms with E-state index in [9.17, 15) is 13.2 Å². The largest absolute Gasteiger partial charge is 0.492 e. The summed E-state index contributed by atoms with van der Waals surface area (Å²) < 4.78 is 28.8. The van der Waals surface area contributed by atoms with Gasteiger partial charge in [0.05, 0.1) is 17.9 Å². The standard InChI is InChI=1S/C22H21NO4S/c1-28(25,26)19-13-11-18(12-14-19)23-22(24)15-16-27-21-10-6-5-9-20(21)17-7-3-2-4-8-17/h2-14H,15-16H2,1H3,(H,23,24).